The van der Waals surface area contributed by atoms with Gasteiger partial charge in [-0.15, -0.1) is 0 Å². The van der Waals surface area contributed by atoms with Gasteiger partial charge >= 0.3 is 11.9 Å². The zero-order chi connectivity index (χ0) is 20.5. The van der Waals surface area contributed by atoms with Crippen LogP contribution in [0, 0.1) is 5.92 Å². The lowest BCUT2D eigenvalue weighted by molar-refractivity contribution is -0.150. The second kappa shape index (κ2) is 16.8. The highest BCUT2D eigenvalue weighted by Gasteiger charge is 2.12. The number of carbonyl (C=O) groups excluding carboxylic acids is 2. The molecule has 1 N–H and O–H groups in total. The first-order valence-corrected chi connectivity index (χ1v) is 10.5. The zero-order valence-corrected chi connectivity index (χ0v) is 17.8. The summed E-state index contributed by atoms with van der Waals surface area (Å²) < 4.78 is 9.93. The Morgan fingerprint density at radius 1 is 0.889 bits per heavy atom. The lowest BCUT2D eigenvalue weighted by Crippen LogP contribution is -2.25. The summed E-state index contributed by atoms with van der Waals surface area (Å²) in [5.74, 6) is 0.0322. The quantitative estimate of drug-likeness (QED) is 0.231. The van der Waals surface area contributed by atoms with Crippen molar-refractivity contribution in [2.24, 2.45) is 5.92 Å². The predicted molar refractivity (Wildman–Crippen MR) is 108 cm³/mol. The van der Waals surface area contributed by atoms with Crippen LogP contribution < -0.4 is 0 Å². The highest BCUT2D eigenvalue weighted by atomic mass is 16.6. The molecule has 158 valence electrons. The molecule has 5 nitrogen and oxygen atoms in total. The van der Waals surface area contributed by atoms with Gasteiger partial charge < -0.3 is 14.6 Å². The molecule has 0 aliphatic heterocycles. The maximum absolute atomic E-state index is 11.7. The van der Waals surface area contributed by atoms with Crippen LogP contribution in [0.2, 0.25) is 0 Å². The smallest absolute Gasteiger partial charge is 0.333 e. The summed E-state index contributed by atoms with van der Waals surface area (Å²) >= 11 is 0. The predicted octanol–water partition coefficient (Wildman–Crippen LogP) is 4.96. The zero-order valence-electron chi connectivity index (χ0n) is 17.8. The van der Waals surface area contributed by atoms with Crippen molar-refractivity contribution in [1.82, 2.24) is 0 Å². The number of allylic oxidation sites excluding steroid dienone is 1. The second-order valence-electron chi connectivity index (χ2n) is 7.67. The Labute approximate surface area is 165 Å². The van der Waals surface area contributed by atoms with Crippen molar-refractivity contribution in [2.75, 3.05) is 13.2 Å². The van der Waals surface area contributed by atoms with E-state index >= 15 is 0 Å². The number of hydrogen-bond acceptors (Lipinski definition) is 5. The van der Waals surface area contributed by atoms with Gasteiger partial charge in [0.15, 0.2) is 0 Å². The van der Waals surface area contributed by atoms with E-state index in [1.165, 1.54) is 38.5 Å². The number of carbonyl (C=O) groups is 2. The van der Waals surface area contributed by atoms with Crippen molar-refractivity contribution in [3.8, 4) is 0 Å². The SMILES string of the molecule is CC=C(C)C(=O)OC[C@@H](O)COC(=O)CCCCCCCCCCC(C)C. The van der Waals surface area contributed by atoms with E-state index in [2.05, 4.69) is 13.8 Å². The van der Waals surface area contributed by atoms with Crippen LogP contribution in [0.4, 0.5) is 0 Å². The van der Waals surface area contributed by atoms with Gasteiger partial charge in [-0.1, -0.05) is 71.3 Å². The normalized spacial score (nSPS) is 12.9. The van der Waals surface area contributed by atoms with E-state index in [0.29, 0.717) is 12.0 Å². The molecule has 0 unspecified atom stereocenters. The summed E-state index contributed by atoms with van der Waals surface area (Å²) in [5, 5.41) is 9.69. The number of ether oxygens (including phenoxy) is 2. The largest absolute Gasteiger partial charge is 0.463 e. The third-order valence-electron chi connectivity index (χ3n) is 4.51. The van der Waals surface area contributed by atoms with Crippen LogP contribution in [0.25, 0.3) is 0 Å². The summed E-state index contributed by atoms with van der Waals surface area (Å²) in [6, 6.07) is 0. The number of rotatable bonds is 16. The minimum atomic E-state index is -0.988. The molecule has 0 saturated heterocycles. The molecule has 0 radical (unpaired) electrons. The van der Waals surface area contributed by atoms with Gasteiger partial charge in [0.25, 0.3) is 0 Å². The fourth-order valence-corrected chi connectivity index (χ4v) is 2.60. The van der Waals surface area contributed by atoms with E-state index in [0.717, 1.165) is 25.2 Å². The number of unbranched alkanes of at least 4 members (excludes halogenated alkanes) is 7. The van der Waals surface area contributed by atoms with Gasteiger partial charge in [0.05, 0.1) is 0 Å². The molecule has 0 aliphatic carbocycles. The maximum atomic E-state index is 11.7. The van der Waals surface area contributed by atoms with Crippen LogP contribution in [-0.4, -0.2) is 36.4 Å². The van der Waals surface area contributed by atoms with Crippen LogP contribution in [0.5, 0.6) is 0 Å². The molecule has 0 aromatic carbocycles. The third kappa shape index (κ3) is 16.5. The Bertz CT molecular complexity index is 428. The molecular weight excluding hydrogens is 344 g/mol. The summed E-state index contributed by atoms with van der Waals surface area (Å²) in [6.07, 6.45) is 11.8. The van der Waals surface area contributed by atoms with Crippen molar-refractivity contribution < 1.29 is 24.2 Å². The molecule has 0 aromatic rings. The molecule has 0 bridgehead atoms. The summed E-state index contributed by atoms with van der Waals surface area (Å²) in [5.41, 5.74) is 0.481. The Kier molecular flexibility index (Phi) is 15.9. The topological polar surface area (TPSA) is 72.8 Å². The number of aliphatic hydroxyl groups is 1. The van der Waals surface area contributed by atoms with Crippen LogP contribution in [0.3, 0.4) is 0 Å². The van der Waals surface area contributed by atoms with E-state index in [-0.39, 0.29) is 19.2 Å². The number of hydrogen-bond donors (Lipinski definition) is 1. The van der Waals surface area contributed by atoms with Crippen molar-refractivity contribution in [3.05, 3.63) is 11.6 Å². The van der Waals surface area contributed by atoms with Gasteiger partial charge in [0.2, 0.25) is 0 Å². The van der Waals surface area contributed by atoms with E-state index in [4.69, 9.17) is 9.47 Å². The molecule has 0 heterocycles. The molecule has 27 heavy (non-hydrogen) atoms. The molecule has 0 saturated carbocycles. The number of aliphatic hydroxyl groups excluding tert-OH is 1. The Morgan fingerprint density at radius 2 is 1.41 bits per heavy atom. The summed E-state index contributed by atoms with van der Waals surface area (Å²) in [4.78, 5) is 23.1. The molecule has 5 heteroatoms. The molecular formula is C22H40O5. The Morgan fingerprint density at radius 3 is 1.96 bits per heavy atom. The van der Waals surface area contributed by atoms with E-state index < -0.39 is 12.1 Å². The average molecular weight is 385 g/mol. The molecule has 1 atom stereocenters. The Hall–Kier alpha value is -1.36. The molecule has 0 rings (SSSR count). The van der Waals surface area contributed by atoms with Crippen molar-refractivity contribution in [1.29, 1.82) is 0 Å². The lowest BCUT2D eigenvalue weighted by Gasteiger charge is -2.12. The molecule has 0 amide bonds. The first-order valence-electron chi connectivity index (χ1n) is 10.5. The van der Waals surface area contributed by atoms with Gasteiger partial charge in [-0.2, -0.15) is 0 Å². The van der Waals surface area contributed by atoms with Gasteiger partial charge in [-0.05, 0) is 26.2 Å². The van der Waals surface area contributed by atoms with Crippen LogP contribution >= 0.6 is 0 Å². The summed E-state index contributed by atoms with van der Waals surface area (Å²) in [7, 11) is 0. The lowest BCUT2D eigenvalue weighted by atomic mass is 10.0. The molecule has 0 aliphatic rings. The van der Waals surface area contributed by atoms with Crippen molar-refractivity contribution >= 4 is 11.9 Å². The highest BCUT2D eigenvalue weighted by molar-refractivity contribution is 5.87. The fourth-order valence-electron chi connectivity index (χ4n) is 2.60. The van der Waals surface area contributed by atoms with Gasteiger partial charge in [0.1, 0.15) is 19.3 Å². The first kappa shape index (κ1) is 25.6. The van der Waals surface area contributed by atoms with E-state index in [9.17, 15) is 14.7 Å². The minimum Gasteiger partial charge on any atom is -0.463 e. The average Bonchev–Trinajstić information content (AvgIpc) is 2.64. The monoisotopic (exact) mass is 384 g/mol. The van der Waals surface area contributed by atoms with Crippen LogP contribution in [0.1, 0.15) is 91.9 Å². The van der Waals surface area contributed by atoms with E-state index in [1.54, 1.807) is 19.9 Å². The number of esters is 2. The van der Waals surface area contributed by atoms with Gasteiger partial charge in [0, 0.05) is 12.0 Å². The standard InChI is InChI=1S/C22H40O5/c1-5-19(4)22(25)27-17-20(23)16-26-21(24)15-13-11-9-7-6-8-10-12-14-18(2)3/h5,18,20,23H,6-17H2,1-4H3/t20-/m0/s1. The van der Waals surface area contributed by atoms with Crippen LogP contribution in [-0.2, 0) is 19.1 Å². The molecule has 0 fully saturated rings. The van der Waals surface area contributed by atoms with Crippen LogP contribution in [0.15, 0.2) is 11.6 Å². The van der Waals surface area contributed by atoms with Crippen molar-refractivity contribution in [2.45, 2.75) is 98.0 Å². The second-order valence-corrected chi connectivity index (χ2v) is 7.67. The van der Waals surface area contributed by atoms with Gasteiger partial charge in [-0.3, -0.25) is 4.79 Å². The molecule has 0 aromatic heterocycles. The van der Waals surface area contributed by atoms with Crippen molar-refractivity contribution in [3.63, 3.8) is 0 Å². The fraction of sp³-hybridized carbons (Fsp3) is 0.818. The van der Waals surface area contributed by atoms with Gasteiger partial charge in [-0.25, -0.2) is 4.79 Å². The molecule has 0 spiro atoms. The highest BCUT2D eigenvalue weighted by Crippen LogP contribution is 2.13. The third-order valence-corrected chi connectivity index (χ3v) is 4.51. The van der Waals surface area contributed by atoms with E-state index in [1.807, 2.05) is 0 Å². The maximum Gasteiger partial charge on any atom is 0.333 e. The summed E-state index contributed by atoms with van der Waals surface area (Å²) in [6.45, 7) is 7.61. The minimum absolute atomic E-state index is 0.141. The first-order chi connectivity index (χ1) is 12.9. The Balaban J connectivity index is 3.49.